The minimum absolute atomic E-state index is 0.0641. The molecule has 0 saturated heterocycles. The number of aryl methyl sites for hydroxylation is 2. The molecule has 0 unspecified atom stereocenters. The van der Waals surface area contributed by atoms with Crippen LogP contribution in [0.25, 0.3) is 75.5 Å². The highest BCUT2D eigenvalue weighted by atomic mass is 32.1. The van der Waals surface area contributed by atoms with E-state index >= 15 is 0 Å². The summed E-state index contributed by atoms with van der Waals surface area (Å²) < 4.78 is 8.58. The molecule has 0 amide bonds. The maximum absolute atomic E-state index is 5.85. The first-order valence-electron chi connectivity index (χ1n) is 26.0. The van der Waals surface area contributed by atoms with E-state index in [1.54, 1.807) is 5.57 Å². The minimum atomic E-state index is 0.0641. The van der Waals surface area contributed by atoms with Crippen molar-refractivity contribution in [3.63, 3.8) is 0 Å². The normalized spacial score (nSPS) is 14.2. The number of fused-ring (bicyclic) bond motifs is 8. The van der Waals surface area contributed by atoms with E-state index in [1.165, 1.54) is 93.4 Å². The van der Waals surface area contributed by atoms with Crippen molar-refractivity contribution in [2.45, 2.75) is 93.4 Å². The monoisotopic (exact) mass is 959 g/mol. The third-order valence-electron chi connectivity index (χ3n) is 14.0. The zero-order valence-corrected chi connectivity index (χ0v) is 44.7. The van der Waals surface area contributed by atoms with Crippen LogP contribution in [0.15, 0.2) is 228 Å². The van der Waals surface area contributed by atoms with Gasteiger partial charge in [-0.05, 0) is 156 Å². The topological polar surface area (TPSA) is 13.1 Å². The maximum atomic E-state index is 5.85. The lowest BCUT2D eigenvalue weighted by molar-refractivity contribution is 0.650. The molecule has 0 radical (unpaired) electrons. The van der Waals surface area contributed by atoms with Crippen LogP contribution in [0.4, 0.5) is 0 Å². The number of benzene rings is 7. The number of allylic oxidation sites excluding steroid dienone is 13. The van der Waals surface area contributed by atoms with Gasteiger partial charge in [0.2, 0.25) is 0 Å². The summed E-state index contributed by atoms with van der Waals surface area (Å²) in [5, 5.41) is 5.03. The average Bonchev–Trinajstić information content (AvgIpc) is 4.05. The van der Waals surface area contributed by atoms with Crippen LogP contribution in [0.5, 0.6) is 0 Å². The van der Waals surface area contributed by atoms with Crippen molar-refractivity contribution < 1.29 is 4.42 Å². The minimum Gasteiger partial charge on any atom is -0.456 e. The van der Waals surface area contributed by atoms with Crippen molar-refractivity contribution in [2.75, 3.05) is 0 Å². The van der Waals surface area contributed by atoms with Crippen molar-refractivity contribution in [3.8, 4) is 22.3 Å². The highest BCUT2D eigenvalue weighted by Gasteiger charge is 2.38. The number of furan rings is 1. The second-order valence-electron chi connectivity index (χ2n) is 19.0. The van der Waals surface area contributed by atoms with Gasteiger partial charge in [0.05, 0.1) is 0 Å². The van der Waals surface area contributed by atoms with Crippen LogP contribution in [0, 0.1) is 6.92 Å². The molecule has 0 atom stereocenters. The van der Waals surface area contributed by atoms with Crippen LogP contribution in [0.2, 0.25) is 0 Å². The molecule has 2 aromatic heterocycles. The van der Waals surface area contributed by atoms with E-state index in [-0.39, 0.29) is 5.41 Å². The summed E-state index contributed by atoms with van der Waals surface area (Å²) in [5.41, 5.74) is 21.1. The van der Waals surface area contributed by atoms with Gasteiger partial charge in [-0.2, -0.15) is 0 Å². The Morgan fingerprint density at radius 2 is 1.25 bits per heavy atom. The van der Waals surface area contributed by atoms with Crippen LogP contribution in [-0.2, 0) is 11.8 Å². The van der Waals surface area contributed by atoms with Crippen molar-refractivity contribution in [2.24, 2.45) is 0 Å². The van der Waals surface area contributed by atoms with Crippen molar-refractivity contribution in [1.82, 2.24) is 0 Å². The Balaban J connectivity index is 0.000000146. The van der Waals surface area contributed by atoms with Gasteiger partial charge in [-0.1, -0.05) is 217 Å². The van der Waals surface area contributed by atoms with Crippen LogP contribution < -0.4 is 0 Å². The number of thiophene rings is 1. The van der Waals surface area contributed by atoms with Gasteiger partial charge in [-0.3, -0.25) is 0 Å². The van der Waals surface area contributed by atoms with Gasteiger partial charge in [-0.15, -0.1) is 11.3 Å². The summed E-state index contributed by atoms with van der Waals surface area (Å²) in [5.74, 6) is 0. The standard InChI is InChI=1S/C30H34.C19H16O.C19H14S.C2H6/c1-6-9-21-11-13-23(14-12-21)24-16-18-28-27(19-24)26-17-15-25(22(8-3)10-7-2)20-29(26)30(28,4)5;1-3-7-14(8-4-2)15-11-12-19-17(13-15)16-9-5-6-10-18(16)20-19;1-13-6-8-14(9-7-13)15-10-11-17-16-4-2-3-5-18(16)20-19(17)12-15;1-2/h7-8,10-14,16,18-20H,6,9,15,17H2,1-5H3;3-13H,1H2,2H3;2-12H,1H3;1-2H3/b10-7-,22-8+;8-4-,14-7+;;. The second-order valence-corrected chi connectivity index (χ2v) is 20.1. The first-order chi connectivity index (χ1) is 35.1. The summed E-state index contributed by atoms with van der Waals surface area (Å²) in [6, 6.07) is 54.9. The Bertz CT molecular complexity index is 3550. The van der Waals surface area contributed by atoms with Gasteiger partial charge < -0.3 is 4.42 Å². The molecule has 1 nitrogen and oxygen atoms in total. The number of rotatable bonds is 9. The molecule has 0 bridgehead atoms. The number of hydrogen-bond acceptors (Lipinski definition) is 2. The molecular formula is C70H70OS. The highest BCUT2D eigenvalue weighted by Crippen LogP contribution is 2.52. The lowest BCUT2D eigenvalue weighted by Gasteiger charge is -2.26. The third-order valence-corrected chi connectivity index (χ3v) is 15.1. The molecule has 0 N–H and O–H groups in total. The zero-order valence-electron chi connectivity index (χ0n) is 43.9. The molecule has 2 heterocycles. The molecule has 0 saturated carbocycles. The first-order valence-corrected chi connectivity index (χ1v) is 26.8. The predicted octanol–water partition coefficient (Wildman–Crippen LogP) is 21.4. The van der Waals surface area contributed by atoms with Crippen molar-refractivity contribution in [1.29, 1.82) is 0 Å². The molecule has 2 aliphatic rings. The molecule has 2 aliphatic carbocycles. The summed E-state index contributed by atoms with van der Waals surface area (Å²) in [6.07, 6.45) is 21.7. The van der Waals surface area contributed by atoms with E-state index in [0.717, 1.165) is 46.8 Å². The summed E-state index contributed by atoms with van der Waals surface area (Å²) >= 11 is 1.87. The fourth-order valence-corrected chi connectivity index (χ4v) is 11.4. The molecule has 11 rings (SSSR count). The third kappa shape index (κ3) is 10.8. The van der Waals surface area contributed by atoms with Crippen LogP contribution >= 0.6 is 11.3 Å². The molecular weight excluding hydrogens is 889 g/mol. The smallest absolute Gasteiger partial charge is 0.135 e. The lowest BCUT2D eigenvalue weighted by Crippen LogP contribution is -2.17. The Hall–Kier alpha value is -7.26. The van der Waals surface area contributed by atoms with E-state index in [9.17, 15) is 0 Å². The van der Waals surface area contributed by atoms with Gasteiger partial charge in [0.1, 0.15) is 11.2 Å². The molecule has 0 aliphatic heterocycles. The summed E-state index contributed by atoms with van der Waals surface area (Å²) in [4.78, 5) is 0. The Kier molecular flexibility index (Phi) is 16.5. The van der Waals surface area contributed by atoms with E-state index in [0.29, 0.717) is 0 Å². The highest BCUT2D eigenvalue weighted by molar-refractivity contribution is 7.25. The van der Waals surface area contributed by atoms with E-state index in [4.69, 9.17) is 4.42 Å². The van der Waals surface area contributed by atoms with Crippen LogP contribution in [-0.4, -0.2) is 0 Å². The van der Waals surface area contributed by atoms with Gasteiger partial charge in [0.25, 0.3) is 0 Å². The Labute approximate surface area is 433 Å². The molecule has 72 heavy (non-hydrogen) atoms. The fraction of sp³-hybridized carbons (Fsp3) is 0.200. The first kappa shape index (κ1) is 51.1. The SMILES string of the molecule is C/C=C\C(=C/C)C1=CC2=C(CC1)c1cc(-c3ccc(CCC)cc3)ccc1C2(C)C.C=C/C=C(\C=C/C)c1ccc2oc3ccccc3c2c1.CC.Cc1ccc(-c2ccc3c(c2)sc2ccccc23)cc1. The maximum Gasteiger partial charge on any atom is 0.135 e. The van der Waals surface area contributed by atoms with Crippen LogP contribution in [0.1, 0.15) is 102 Å². The van der Waals surface area contributed by atoms with E-state index in [1.807, 2.05) is 74.6 Å². The van der Waals surface area contributed by atoms with Gasteiger partial charge in [-0.25, -0.2) is 0 Å². The number of hydrogen-bond donors (Lipinski definition) is 0. The molecule has 9 aromatic rings. The fourth-order valence-electron chi connectivity index (χ4n) is 10.3. The number of para-hydroxylation sites is 1. The molecule has 2 heteroatoms. The van der Waals surface area contributed by atoms with E-state index < -0.39 is 0 Å². The summed E-state index contributed by atoms with van der Waals surface area (Å²) in [7, 11) is 0. The van der Waals surface area contributed by atoms with Gasteiger partial charge in [0, 0.05) is 36.4 Å². The van der Waals surface area contributed by atoms with Gasteiger partial charge in [0.15, 0.2) is 0 Å². The predicted molar refractivity (Wildman–Crippen MR) is 319 cm³/mol. The quantitative estimate of drug-likeness (QED) is 0.131. The average molecular weight is 959 g/mol. The molecule has 0 fully saturated rings. The molecule has 7 aromatic carbocycles. The largest absolute Gasteiger partial charge is 0.456 e. The van der Waals surface area contributed by atoms with E-state index in [2.05, 4.69) is 206 Å². The molecule has 0 spiro atoms. The summed E-state index contributed by atoms with van der Waals surface area (Å²) in [6.45, 7) is 23.2. The van der Waals surface area contributed by atoms with Crippen molar-refractivity contribution in [3.05, 3.63) is 251 Å². The zero-order chi connectivity index (χ0) is 50.8. The molecule has 362 valence electrons. The van der Waals surface area contributed by atoms with Crippen molar-refractivity contribution >= 4 is 64.6 Å². The Morgan fingerprint density at radius 3 is 1.96 bits per heavy atom. The van der Waals surface area contributed by atoms with Gasteiger partial charge >= 0.3 is 0 Å². The second kappa shape index (κ2) is 23.3. The van der Waals surface area contributed by atoms with Crippen LogP contribution in [0.3, 0.4) is 0 Å². The Morgan fingerprint density at radius 1 is 0.625 bits per heavy atom. The lowest BCUT2D eigenvalue weighted by atomic mass is 9.78.